The van der Waals surface area contributed by atoms with Gasteiger partial charge in [0.25, 0.3) is 0 Å². The average Bonchev–Trinajstić information content (AvgIpc) is 3.43. The van der Waals surface area contributed by atoms with Crippen LogP contribution in [0.3, 0.4) is 0 Å². The lowest BCUT2D eigenvalue weighted by Crippen LogP contribution is -2.30. The molecule has 1 heterocycles. The third-order valence-corrected chi connectivity index (χ3v) is 4.81. The second-order valence-corrected chi connectivity index (χ2v) is 7.00. The molecule has 7 heteroatoms. The maximum Gasteiger partial charge on any atom is 0.226 e. The highest BCUT2D eigenvalue weighted by Gasteiger charge is 2.31. The third-order valence-electron chi connectivity index (χ3n) is 4.81. The third kappa shape index (κ3) is 4.26. The Labute approximate surface area is 160 Å². The average molecular weight is 388 g/mol. The van der Waals surface area contributed by atoms with E-state index in [0.29, 0.717) is 36.0 Å². The normalized spacial score (nSPS) is 15.2. The highest BCUT2D eigenvalue weighted by molar-refractivity contribution is 5.53. The van der Waals surface area contributed by atoms with Crippen LogP contribution in [0.4, 0.5) is 13.2 Å². The minimum Gasteiger partial charge on any atom is -0.444 e. The molecule has 1 aliphatic carbocycles. The molecule has 0 spiro atoms. The molecule has 0 amide bonds. The van der Waals surface area contributed by atoms with Crippen LogP contribution in [-0.4, -0.2) is 27.6 Å². The fourth-order valence-corrected chi connectivity index (χ4v) is 3.14. The smallest absolute Gasteiger partial charge is 0.226 e. The lowest BCUT2D eigenvalue weighted by molar-refractivity contribution is 0.103. The lowest BCUT2D eigenvalue weighted by atomic mass is 10.1. The Morgan fingerprint density at radius 3 is 2.50 bits per heavy atom. The van der Waals surface area contributed by atoms with Crippen LogP contribution in [-0.2, 0) is 6.54 Å². The summed E-state index contributed by atoms with van der Waals surface area (Å²) in [5.74, 6) is -2.02. The van der Waals surface area contributed by atoms with Crippen LogP contribution in [0.2, 0.25) is 0 Å². The zero-order valence-corrected chi connectivity index (χ0v) is 15.0. The molecule has 1 unspecified atom stereocenters. The largest absolute Gasteiger partial charge is 0.444 e. The molecule has 146 valence electrons. The van der Waals surface area contributed by atoms with Crippen molar-refractivity contribution < 1.29 is 22.7 Å². The number of aliphatic hydroxyl groups excluding tert-OH is 1. The number of halogens is 3. The van der Waals surface area contributed by atoms with Crippen molar-refractivity contribution in [3.8, 4) is 11.5 Å². The van der Waals surface area contributed by atoms with Crippen LogP contribution in [0, 0.1) is 17.5 Å². The number of aliphatic hydroxyl groups is 1. The summed E-state index contributed by atoms with van der Waals surface area (Å²) in [5.41, 5.74) is 1.64. The van der Waals surface area contributed by atoms with E-state index in [-0.39, 0.29) is 11.7 Å². The van der Waals surface area contributed by atoms with E-state index in [9.17, 15) is 18.3 Å². The van der Waals surface area contributed by atoms with E-state index in [1.165, 1.54) is 24.5 Å². The molecule has 0 saturated heterocycles. The van der Waals surface area contributed by atoms with Crippen molar-refractivity contribution in [3.63, 3.8) is 0 Å². The lowest BCUT2D eigenvalue weighted by Gasteiger charge is -2.24. The first-order chi connectivity index (χ1) is 13.5. The van der Waals surface area contributed by atoms with Gasteiger partial charge in [-0.2, -0.15) is 0 Å². The Kier molecular flexibility index (Phi) is 5.19. The molecular weight excluding hydrogens is 369 g/mol. The maximum atomic E-state index is 13.4. The van der Waals surface area contributed by atoms with Crippen LogP contribution in [0.5, 0.6) is 0 Å². The summed E-state index contributed by atoms with van der Waals surface area (Å²) in [5, 5.41) is 10.5. The molecule has 4 rings (SSSR count). The van der Waals surface area contributed by atoms with Crippen molar-refractivity contribution >= 4 is 0 Å². The number of nitrogens with zero attached hydrogens (tertiary/aromatic N) is 2. The molecule has 0 aliphatic heterocycles. The fourth-order valence-electron chi connectivity index (χ4n) is 3.14. The Balaban J connectivity index is 1.46. The SMILES string of the molecule is OC(CN(Cc1coc(-c2ccc(F)c(F)c2)n1)C1CC1)c1ccc(F)cc1. The molecule has 1 atom stereocenters. The van der Waals surface area contributed by atoms with Gasteiger partial charge in [0.2, 0.25) is 5.89 Å². The van der Waals surface area contributed by atoms with Crippen LogP contribution in [0.1, 0.15) is 30.2 Å². The molecule has 1 aliphatic rings. The summed E-state index contributed by atoms with van der Waals surface area (Å²) in [6, 6.07) is 9.62. The summed E-state index contributed by atoms with van der Waals surface area (Å²) in [6.45, 7) is 0.833. The van der Waals surface area contributed by atoms with Gasteiger partial charge in [0.15, 0.2) is 11.6 Å². The number of hydrogen-bond acceptors (Lipinski definition) is 4. The van der Waals surface area contributed by atoms with Crippen molar-refractivity contribution in [1.29, 1.82) is 0 Å². The Bertz CT molecular complexity index is 955. The van der Waals surface area contributed by atoms with Gasteiger partial charge in [0, 0.05) is 24.7 Å². The van der Waals surface area contributed by atoms with E-state index in [1.54, 1.807) is 12.1 Å². The van der Waals surface area contributed by atoms with Gasteiger partial charge < -0.3 is 9.52 Å². The van der Waals surface area contributed by atoms with Gasteiger partial charge in [-0.25, -0.2) is 18.2 Å². The number of benzene rings is 2. The van der Waals surface area contributed by atoms with Crippen molar-refractivity contribution in [2.45, 2.75) is 31.5 Å². The van der Waals surface area contributed by atoms with Crippen molar-refractivity contribution in [2.75, 3.05) is 6.54 Å². The summed E-state index contributed by atoms with van der Waals surface area (Å²) in [7, 11) is 0. The summed E-state index contributed by atoms with van der Waals surface area (Å²) in [4.78, 5) is 6.46. The van der Waals surface area contributed by atoms with Gasteiger partial charge in [0.05, 0.1) is 11.8 Å². The summed E-state index contributed by atoms with van der Waals surface area (Å²) >= 11 is 0. The first kappa shape index (κ1) is 18.7. The minimum absolute atomic E-state index is 0.212. The first-order valence-corrected chi connectivity index (χ1v) is 9.07. The van der Waals surface area contributed by atoms with Crippen molar-refractivity contribution in [3.05, 3.63) is 77.4 Å². The molecule has 28 heavy (non-hydrogen) atoms. The van der Waals surface area contributed by atoms with Crippen LogP contribution < -0.4 is 0 Å². The van der Waals surface area contributed by atoms with Gasteiger partial charge in [-0.1, -0.05) is 12.1 Å². The van der Waals surface area contributed by atoms with Gasteiger partial charge in [0.1, 0.15) is 12.1 Å². The zero-order chi connectivity index (χ0) is 19.7. The topological polar surface area (TPSA) is 49.5 Å². The molecule has 1 aromatic heterocycles. The molecule has 3 aromatic rings. The summed E-state index contributed by atoms with van der Waals surface area (Å²) < 4.78 is 45.0. The monoisotopic (exact) mass is 388 g/mol. The zero-order valence-electron chi connectivity index (χ0n) is 15.0. The molecule has 1 fully saturated rings. The van der Waals surface area contributed by atoms with Crippen LogP contribution in [0.25, 0.3) is 11.5 Å². The van der Waals surface area contributed by atoms with E-state index in [2.05, 4.69) is 9.88 Å². The number of rotatable bonds is 7. The van der Waals surface area contributed by atoms with Crippen molar-refractivity contribution in [2.24, 2.45) is 0 Å². The second kappa shape index (κ2) is 7.77. The molecule has 0 radical (unpaired) electrons. The van der Waals surface area contributed by atoms with Crippen LogP contribution >= 0.6 is 0 Å². The highest BCUT2D eigenvalue weighted by Crippen LogP contribution is 2.31. The molecule has 4 nitrogen and oxygen atoms in total. The van der Waals surface area contributed by atoms with E-state index >= 15 is 0 Å². The Hall–Kier alpha value is -2.64. The fraction of sp³-hybridized carbons (Fsp3) is 0.286. The molecule has 1 N–H and O–H groups in total. The van der Waals surface area contributed by atoms with Crippen LogP contribution in [0.15, 0.2) is 53.1 Å². The first-order valence-electron chi connectivity index (χ1n) is 9.07. The van der Waals surface area contributed by atoms with Gasteiger partial charge in [-0.05, 0) is 48.7 Å². The standard InChI is InChI=1S/C21H19F3N2O2/c22-15-4-1-13(2-5-15)20(27)11-26(17-6-7-17)10-16-12-28-21(25-16)14-3-8-18(23)19(24)9-14/h1-5,8-9,12,17,20,27H,6-7,10-11H2. The summed E-state index contributed by atoms with van der Waals surface area (Å²) in [6.07, 6.45) is 2.79. The van der Waals surface area contributed by atoms with Crippen molar-refractivity contribution in [1.82, 2.24) is 9.88 Å². The molecule has 2 aromatic carbocycles. The second-order valence-electron chi connectivity index (χ2n) is 7.00. The number of hydrogen-bond donors (Lipinski definition) is 1. The van der Waals surface area contributed by atoms with Gasteiger partial charge >= 0.3 is 0 Å². The minimum atomic E-state index is -0.959. The Morgan fingerprint density at radius 1 is 1.07 bits per heavy atom. The molecule has 0 bridgehead atoms. The maximum absolute atomic E-state index is 13.4. The quantitative estimate of drug-likeness (QED) is 0.649. The molecular formula is C21H19F3N2O2. The Morgan fingerprint density at radius 2 is 1.82 bits per heavy atom. The van der Waals surface area contributed by atoms with Gasteiger partial charge in [-0.3, -0.25) is 4.90 Å². The van der Waals surface area contributed by atoms with E-state index in [4.69, 9.17) is 4.42 Å². The molecule has 1 saturated carbocycles. The highest BCUT2D eigenvalue weighted by atomic mass is 19.2. The van der Waals surface area contributed by atoms with E-state index in [1.807, 2.05) is 0 Å². The van der Waals surface area contributed by atoms with E-state index in [0.717, 1.165) is 25.0 Å². The number of oxazole rings is 1. The van der Waals surface area contributed by atoms with Gasteiger partial charge in [-0.15, -0.1) is 0 Å². The predicted molar refractivity (Wildman–Crippen MR) is 96.6 cm³/mol. The van der Waals surface area contributed by atoms with E-state index < -0.39 is 17.7 Å². The number of aromatic nitrogens is 1. The predicted octanol–water partition coefficient (Wildman–Crippen LogP) is 4.46.